The molecule has 0 spiro atoms. The number of amides is 2. The van der Waals surface area contributed by atoms with Crippen LogP contribution in [0.5, 0.6) is 11.5 Å². The van der Waals surface area contributed by atoms with Gasteiger partial charge in [-0.25, -0.2) is 0 Å². The van der Waals surface area contributed by atoms with Gasteiger partial charge in [0.2, 0.25) is 11.8 Å². The molecule has 0 aromatic heterocycles. The van der Waals surface area contributed by atoms with Crippen molar-refractivity contribution in [1.29, 1.82) is 0 Å². The van der Waals surface area contributed by atoms with Crippen LogP contribution in [-0.4, -0.2) is 25.0 Å². The van der Waals surface area contributed by atoms with E-state index in [0.29, 0.717) is 34.7 Å². The number of anilines is 2. The van der Waals surface area contributed by atoms with Crippen molar-refractivity contribution in [3.63, 3.8) is 0 Å². The summed E-state index contributed by atoms with van der Waals surface area (Å²) in [5.74, 6) is -0.142. The Kier molecular flexibility index (Phi) is 6.02. The molecule has 0 fully saturated rings. The molecule has 154 valence electrons. The highest BCUT2D eigenvalue weighted by molar-refractivity contribution is 9.10. The summed E-state index contributed by atoms with van der Waals surface area (Å²) in [5, 5.41) is 4.58. The van der Waals surface area contributed by atoms with E-state index in [1.54, 1.807) is 12.1 Å². The van der Waals surface area contributed by atoms with Crippen LogP contribution in [0.4, 0.5) is 24.5 Å². The lowest BCUT2D eigenvalue weighted by Crippen LogP contribution is -2.20. The summed E-state index contributed by atoms with van der Waals surface area (Å²) in [6, 6.07) is 6.43. The van der Waals surface area contributed by atoms with Crippen LogP contribution in [-0.2, 0) is 22.2 Å². The SMILES string of the molecule is CC(=O)Nc1ccc(NC(=O)Cc2cc3c(cc2Br)OCCO3)c(C(F)(F)F)c1. The van der Waals surface area contributed by atoms with E-state index >= 15 is 0 Å². The Hall–Kier alpha value is -2.75. The molecule has 6 nitrogen and oxygen atoms in total. The monoisotopic (exact) mass is 472 g/mol. The van der Waals surface area contributed by atoms with E-state index in [1.807, 2.05) is 0 Å². The van der Waals surface area contributed by atoms with E-state index in [4.69, 9.17) is 9.47 Å². The lowest BCUT2D eigenvalue weighted by molar-refractivity contribution is -0.137. The quantitative estimate of drug-likeness (QED) is 0.692. The first kappa shape index (κ1) is 21.0. The van der Waals surface area contributed by atoms with E-state index < -0.39 is 29.2 Å². The van der Waals surface area contributed by atoms with Crippen LogP contribution in [0.2, 0.25) is 0 Å². The van der Waals surface area contributed by atoms with Gasteiger partial charge in [0, 0.05) is 17.1 Å². The predicted molar refractivity (Wildman–Crippen MR) is 103 cm³/mol. The molecule has 3 rings (SSSR count). The number of halogens is 4. The maximum Gasteiger partial charge on any atom is 0.418 e. The molecule has 0 saturated carbocycles. The third-order valence-electron chi connectivity index (χ3n) is 3.98. The van der Waals surface area contributed by atoms with Crippen LogP contribution in [0.25, 0.3) is 0 Å². The van der Waals surface area contributed by atoms with Crippen LogP contribution in [0, 0.1) is 0 Å². The largest absolute Gasteiger partial charge is 0.486 e. The van der Waals surface area contributed by atoms with E-state index in [1.165, 1.54) is 13.0 Å². The zero-order valence-corrected chi connectivity index (χ0v) is 16.7. The van der Waals surface area contributed by atoms with E-state index in [2.05, 4.69) is 26.6 Å². The number of alkyl halides is 3. The Morgan fingerprint density at radius 3 is 2.34 bits per heavy atom. The summed E-state index contributed by atoms with van der Waals surface area (Å²) in [6.45, 7) is 1.97. The summed E-state index contributed by atoms with van der Waals surface area (Å²) in [4.78, 5) is 23.5. The van der Waals surface area contributed by atoms with Gasteiger partial charge in [-0.1, -0.05) is 15.9 Å². The van der Waals surface area contributed by atoms with Gasteiger partial charge in [0.1, 0.15) is 13.2 Å². The number of hydrogen-bond acceptors (Lipinski definition) is 4. The van der Waals surface area contributed by atoms with Gasteiger partial charge < -0.3 is 20.1 Å². The van der Waals surface area contributed by atoms with Crippen molar-refractivity contribution >= 4 is 39.1 Å². The Bertz CT molecular complexity index is 963. The number of carbonyl (C=O) groups is 2. The molecular formula is C19H16BrF3N2O4. The number of carbonyl (C=O) groups excluding carboxylic acids is 2. The first-order valence-electron chi connectivity index (χ1n) is 8.50. The van der Waals surface area contributed by atoms with Crippen LogP contribution in [0.15, 0.2) is 34.8 Å². The standard InChI is InChI=1S/C19H16BrF3N2O4/c1-10(26)24-12-2-3-15(13(8-12)19(21,22)23)25-18(27)7-11-6-16-17(9-14(11)20)29-5-4-28-16/h2-3,6,8-9H,4-5,7H2,1H3,(H,24,26)(H,25,27). The van der Waals surface area contributed by atoms with E-state index in [0.717, 1.165) is 12.1 Å². The molecule has 0 unspecified atom stereocenters. The van der Waals surface area contributed by atoms with Crippen molar-refractivity contribution in [2.24, 2.45) is 0 Å². The first-order valence-corrected chi connectivity index (χ1v) is 9.29. The van der Waals surface area contributed by atoms with Crippen LogP contribution >= 0.6 is 15.9 Å². The molecule has 1 heterocycles. The summed E-state index contributed by atoms with van der Waals surface area (Å²) in [6.07, 6.45) is -4.89. The first-order chi connectivity index (χ1) is 13.6. The topological polar surface area (TPSA) is 76.7 Å². The predicted octanol–water partition coefficient (Wildman–Crippen LogP) is 4.38. The van der Waals surface area contributed by atoms with Crippen molar-refractivity contribution in [3.8, 4) is 11.5 Å². The van der Waals surface area contributed by atoms with Gasteiger partial charge in [-0.15, -0.1) is 0 Å². The van der Waals surface area contributed by atoms with Crippen molar-refractivity contribution in [2.75, 3.05) is 23.8 Å². The molecule has 10 heteroatoms. The number of hydrogen-bond donors (Lipinski definition) is 2. The summed E-state index contributed by atoms with van der Waals surface area (Å²) >= 11 is 3.33. The molecule has 0 radical (unpaired) electrons. The Labute approximate surface area is 172 Å². The number of ether oxygens (including phenoxy) is 2. The molecule has 0 atom stereocenters. The maximum atomic E-state index is 13.4. The normalized spacial score (nSPS) is 13.0. The fraction of sp³-hybridized carbons (Fsp3) is 0.263. The van der Waals surface area contributed by atoms with Crippen molar-refractivity contribution < 1.29 is 32.2 Å². The van der Waals surface area contributed by atoms with Crippen molar-refractivity contribution in [3.05, 3.63) is 45.9 Å². The maximum absolute atomic E-state index is 13.4. The Morgan fingerprint density at radius 2 is 1.72 bits per heavy atom. The Morgan fingerprint density at radius 1 is 1.07 bits per heavy atom. The third-order valence-corrected chi connectivity index (χ3v) is 4.72. The number of nitrogens with one attached hydrogen (secondary N) is 2. The molecule has 1 aliphatic rings. The second-order valence-electron chi connectivity index (χ2n) is 6.25. The van der Waals surface area contributed by atoms with Crippen LogP contribution < -0.4 is 20.1 Å². The number of rotatable bonds is 4. The van der Waals surface area contributed by atoms with Crippen molar-refractivity contribution in [2.45, 2.75) is 19.5 Å². The van der Waals surface area contributed by atoms with Gasteiger partial charge in [0.05, 0.1) is 17.7 Å². The second-order valence-corrected chi connectivity index (χ2v) is 7.11. The average Bonchev–Trinajstić information content (AvgIpc) is 2.62. The fourth-order valence-corrected chi connectivity index (χ4v) is 3.24. The third kappa shape index (κ3) is 5.20. The smallest absolute Gasteiger partial charge is 0.418 e. The lowest BCUT2D eigenvalue weighted by atomic mass is 10.1. The Balaban J connectivity index is 1.81. The number of benzene rings is 2. The highest BCUT2D eigenvalue weighted by Crippen LogP contribution is 2.38. The molecule has 0 saturated heterocycles. The molecule has 0 aliphatic carbocycles. The molecule has 2 N–H and O–H groups in total. The molecular weight excluding hydrogens is 457 g/mol. The molecule has 2 aromatic rings. The molecule has 1 aliphatic heterocycles. The van der Waals surface area contributed by atoms with E-state index in [-0.39, 0.29) is 12.1 Å². The minimum Gasteiger partial charge on any atom is -0.486 e. The summed E-state index contributed by atoms with van der Waals surface area (Å²) < 4.78 is 51.7. The van der Waals surface area contributed by atoms with Gasteiger partial charge in [0.15, 0.2) is 11.5 Å². The second kappa shape index (κ2) is 8.32. The van der Waals surface area contributed by atoms with Crippen LogP contribution in [0.3, 0.4) is 0 Å². The molecule has 0 bridgehead atoms. The van der Waals surface area contributed by atoms with Gasteiger partial charge in [0.25, 0.3) is 0 Å². The molecule has 2 aromatic carbocycles. The fourth-order valence-electron chi connectivity index (χ4n) is 2.78. The van der Waals surface area contributed by atoms with Gasteiger partial charge in [-0.3, -0.25) is 9.59 Å². The van der Waals surface area contributed by atoms with Crippen LogP contribution in [0.1, 0.15) is 18.1 Å². The lowest BCUT2D eigenvalue weighted by Gasteiger charge is -2.20. The van der Waals surface area contributed by atoms with Crippen molar-refractivity contribution in [1.82, 2.24) is 0 Å². The highest BCUT2D eigenvalue weighted by atomic mass is 79.9. The summed E-state index contributed by atoms with van der Waals surface area (Å²) in [7, 11) is 0. The molecule has 29 heavy (non-hydrogen) atoms. The average molecular weight is 473 g/mol. The minimum absolute atomic E-state index is 0.0163. The highest BCUT2D eigenvalue weighted by Gasteiger charge is 2.34. The number of fused-ring (bicyclic) bond motifs is 1. The van der Waals surface area contributed by atoms with Gasteiger partial charge in [-0.2, -0.15) is 13.2 Å². The van der Waals surface area contributed by atoms with Gasteiger partial charge in [-0.05, 0) is 35.9 Å². The van der Waals surface area contributed by atoms with Gasteiger partial charge >= 0.3 is 6.18 Å². The zero-order chi connectivity index (χ0) is 21.2. The molecule has 2 amide bonds. The minimum atomic E-state index is -4.71. The zero-order valence-electron chi connectivity index (χ0n) is 15.2. The van der Waals surface area contributed by atoms with E-state index in [9.17, 15) is 22.8 Å². The summed E-state index contributed by atoms with van der Waals surface area (Å²) in [5.41, 5.74) is -0.934.